The maximum absolute atomic E-state index is 11.9. The second kappa shape index (κ2) is 6.51. The van der Waals surface area contributed by atoms with E-state index in [1.165, 1.54) is 18.3 Å². The van der Waals surface area contributed by atoms with E-state index in [1.807, 2.05) is 0 Å². The summed E-state index contributed by atoms with van der Waals surface area (Å²) in [4.78, 5) is 26.5. The molecule has 0 aliphatic rings. The number of pyridine rings is 1. The van der Waals surface area contributed by atoms with E-state index in [4.69, 9.17) is 10.8 Å². The number of benzene rings is 1. The highest BCUT2D eigenvalue weighted by Gasteiger charge is 2.09. The molecule has 0 aliphatic heterocycles. The summed E-state index contributed by atoms with van der Waals surface area (Å²) in [6, 6.07) is 9.81. The van der Waals surface area contributed by atoms with Gasteiger partial charge in [0, 0.05) is 12.7 Å². The Labute approximate surface area is 121 Å². The molecular formula is C15H15N3O3. The number of amides is 1. The fraction of sp³-hybridized carbons (Fsp3) is 0.133. The summed E-state index contributed by atoms with van der Waals surface area (Å²) in [6.07, 6.45) is 2.11. The molecule has 6 heteroatoms. The third kappa shape index (κ3) is 3.79. The van der Waals surface area contributed by atoms with E-state index >= 15 is 0 Å². The van der Waals surface area contributed by atoms with Crippen molar-refractivity contribution in [3.63, 3.8) is 0 Å². The molecule has 1 heterocycles. The molecule has 2 aromatic rings. The second-order valence-electron chi connectivity index (χ2n) is 4.45. The van der Waals surface area contributed by atoms with E-state index < -0.39 is 5.97 Å². The highest BCUT2D eigenvalue weighted by Crippen LogP contribution is 2.07. The number of carboxylic acids is 1. The number of nitrogen functional groups attached to an aromatic ring is 1. The Kier molecular flexibility index (Phi) is 4.50. The van der Waals surface area contributed by atoms with Crippen molar-refractivity contribution in [2.45, 2.75) is 6.42 Å². The number of hydrogen-bond donors (Lipinski definition) is 3. The zero-order valence-electron chi connectivity index (χ0n) is 11.2. The van der Waals surface area contributed by atoms with Crippen molar-refractivity contribution in [3.8, 4) is 0 Å². The molecule has 0 radical (unpaired) electrons. The molecule has 0 fully saturated rings. The van der Waals surface area contributed by atoms with E-state index in [0.29, 0.717) is 18.7 Å². The number of carbonyl (C=O) groups excluding carboxylic acids is 1. The number of aromatic nitrogens is 1. The highest BCUT2D eigenvalue weighted by atomic mass is 16.4. The topological polar surface area (TPSA) is 105 Å². The molecule has 6 nitrogen and oxygen atoms in total. The maximum atomic E-state index is 11.9. The van der Waals surface area contributed by atoms with Gasteiger partial charge in [-0.2, -0.15) is 0 Å². The van der Waals surface area contributed by atoms with Crippen LogP contribution in [0.25, 0.3) is 0 Å². The lowest BCUT2D eigenvalue weighted by molar-refractivity contribution is 0.0696. The number of carbonyl (C=O) groups is 2. The van der Waals surface area contributed by atoms with Gasteiger partial charge < -0.3 is 16.2 Å². The lowest BCUT2D eigenvalue weighted by Gasteiger charge is -2.06. The fourth-order valence-electron chi connectivity index (χ4n) is 1.83. The van der Waals surface area contributed by atoms with Crippen molar-refractivity contribution in [2.24, 2.45) is 0 Å². The van der Waals surface area contributed by atoms with Crippen molar-refractivity contribution in [1.29, 1.82) is 0 Å². The van der Waals surface area contributed by atoms with Gasteiger partial charge in [-0.25, -0.2) is 9.78 Å². The molecule has 1 amide bonds. The zero-order chi connectivity index (χ0) is 15.2. The van der Waals surface area contributed by atoms with Gasteiger partial charge in [-0.1, -0.05) is 12.1 Å². The average molecular weight is 285 g/mol. The summed E-state index contributed by atoms with van der Waals surface area (Å²) in [5, 5.41) is 11.5. The molecule has 4 N–H and O–H groups in total. The molecular weight excluding hydrogens is 270 g/mol. The van der Waals surface area contributed by atoms with Gasteiger partial charge >= 0.3 is 5.97 Å². The molecule has 0 atom stereocenters. The largest absolute Gasteiger partial charge is 0.478 e. The van der Waals surface area contributed by atoms with Gasteiger partial charge in [-0.15, -0.1) is 0 Å². The monoisotopic (exact) mass is 285 g/mol. The number of aromatic carboxylic acids is 1. The number of nitrogens with zero attached hydrogens (tertiary/aromatic N) is 1. The molecule has 0 unspecified atom stereocenters. The molecule has 2 rings (SSSR count). The van der Waals surface area contributed by atoms with E-state index in [0.717, 1.165) is 5.56 Å². The number of rotatable bonds is 5. The van der Waals surface area contributed by atoms with Gasteiger partial charge in [0.05, 0.1) is 11.3 Å². The normalized spacial score (nSPS) is 10.1. The SMILES string of the molecule is Nc1cccnc1C(=O)NCCc1ccc(C(=O)O)cc1. The van der Waals surface area contributed by atoms with Gasteiger partial charge in [0.1, 0.15) is 0 Å². The van der Waals surface area contributed by atoms with Crippen LogP contribution in [0.15, 0.2) is 42.6 Å². The number of anilines is 1. The van der Waals surface area contributed by atoms with Crippen LogP contribution in [0.3, 0.4) is 0 Å². The molecule has 1 aromatic heterocycles. The number of carboxylic acid groups (broad SMARTS) is 1. The van der Waals surface area contributed by atoms with Crippen LogP contribution in [0.4, 0.5) is 5.69 Å². The van der Waals surface area contributed by atoms with Crippen molar-refractivity contribution in [1.82, 2.24) is 10.3 Å². The van der Waals surface area contributed by atoms with Crippen LogP contribution in [0.2, 0.25) is 0 Å². The Hall–Kier alpha value is -2.89. The van der Waals surface area contributed by atoms with Gasteiger partial charge in [-0.3, -0.25) is 4.79 Å². The van der Waals surface area contributed by atoms with E-state index in [9.17, 15) is 9.59 Å². The zero-order valence-corrected chi connectivity index (χ0v) is 11.2. The number of nitrogens with one attached hydrogen (secondary N) is 1. The summed E-state index contributed by atoms with van der Waals surface area (Å²) in [6.45, 7) is 0.418. The Morgan fingerprint density at radius 3 is 2.52 bits per heavy atom. The smallest absolute Gasteiger partial charge is 0.335 e. The summed E-state index contributed by atoms with van der Waals surface area (Å²) in [5.41, 5.74) is 7.39. The fourth-order valence-corrected chi connectivity index (χ4v) is 1.83. The lowest BCUT2D eigenvalue weighted by atomic mass is 10.1. The van der Waals surface area contributed by atoms with E-state index in [-0.39, 0.29) is 17.2 Å². The quantitative estimate of drug-likeness (QED) is 0.768. The standard InChI is InChI=1S/C15H15N3O3/c16-12-2-1-8-17-13(12)14(19)18-9-7-10-3-5-11(6-4-10)15(20)21/h1-6,8H,7,9,16H2,(H,18,19)(H,20,21). The third-order valence-corrected chi connectivity index (χ3v) is 2.95. The Morgan fingerprint density at radius 2 is 1.90 bits per heavy atom. The summed E-state index contributed by atoms with van der Waals surface area (Å²) in [5.74, 6) is -1.28. The van der Waals surface area contributed by atoms with Crippen LogP contribution in [0, 0.1) is 0 Å². The van der Waals surface area contributed by atoms with Gasteiger partial charge in [0.2, 0.25) is 0 Å². The van der Waals surface area contributed by atoms with Crippen molar-refractivity contribution in [2.75, 3.05) is 12.3 Å². The predicted molar refractivity (Wildman–Crippen MR) is 78.1 cm³/mol. The van der Waals surface area contributed by atoms with Crippen molar-refractivity contribution < 1.29 is 14.7 Å². The first-order valence-corrected chi connectivity index (χ1v) is 6.39. The first kappa shape index (κ1) is 14.5. The highest BCUT2D eigenvalue weighted by molar-refractivity contribution is 5.96. The van der Waals surface area contributed by atoms with Crippen LogP contribution in [0.1, 0.15) is 26.4 Å². The summed E-state index contributed by atoms with van der Waals surface area (Å²) >= 11 is 0. The lowest BCUT2D eigenvalue weighted by Crippen LogP contribution is -2.27. The Balaban J connectivity index is 1.88. The van der Waals surface area contributed by atoms with Gasteiger partial charge in [-0.05, 0) is 36.2 Å². The van der Waals surface area contributed by atoms with Crippen LogP contribution in [-0.4, -0.2) is 28.5 Å². The Bertz CT molecular complexity index is 653. The van der Waals surface area contributed by atoms with Crippen molar-refractivity contribution in [3.05, 3.63) is 59.4 Å². The third-order valence-electron chi connectivity index (χ3n) is 2.95. The van der Waals surface area contributed by atoms with Gasteiger partial charge in [0.25, 0.3) is 5.91 Å². The van der Waals surface area contributed by atoms with Gasteiger partial charge in [0.15, 0.2) is 5.69 Å². The minimum Gasteiger partial charge on any atom is -0.478 e. The second-order valence-corrected chi connectivity index (χ2v) is 4.45. The molecule has 1 aromatic carbocycles. The minimum absolute atomic E-state index is 0.207. The van der Waals surface area contributed by atoms with Crippen molar-refractivity contribution >= 4 is 17.6 Å². The van der Waals surface area contributed by atoms with Crippen LogP contribution >= 0.6 is 0 Å². The van der Waals surface area contributed by atoms with Crippen LogP contribution < -0.4 is 11.1 Å². The maximum Gasteiger partial charge on any atom is 0.335 e. The summed E-state index contributed by atoms with van der Waals surface area (Å²) in [7, 11) is 0. The van der Waals surface area contributed by atoms with Crippen LogP contribution in [0.5, 0.6) is 0 Å². The number of hydrogen-bond acceptors (Lipinski definition) is 4. The molecule has 0 bridgehead atoms. The predicted octanol–water partition coefficient (Wildman–Crippen LogP) is 1.33. The molecule has 0 saturated heterocycles. The average Bonchev–Trinajstić information content (AvgIpc) is 2.48. The first-order valence-electron chi connectivity index (χ1n) is 6.39. The molecule has 0 spiro atoms. The van der Waals surface area contributed by atoms with E-state index in [2.05, 4.69) is 10.3 Å². The van der Waals surface area contributed by atoms with E-state index in [1.54, 1.807) is 24.3 Å². The molecule has 0 saturated carbocycles. The molecule has 21 heavy (non-hydrogen) atoms. The molecule has 108 valence electrons. The first-order chi connectivity index (χ1) is 10.1. The Morgan fingerprint density at radius 1 is 1.19 bits per heavy atom. The molecule has 0 aliphatic carbocycles. The van der Waals surface area contributed by atoms with Crippen LogP contribution in [-0.2, 0) is 6.42 Å². The number of nitrogens with two attached hydrogens (primary N) is 1. The summed E-state index contributed by atoms with van der Waals surface area (Å²) < 4.78 is 0. The minimum atomic E-state index is -0.958.